The van der Waals surface area contributed by atoms with Crippen molar-refractivity contribution in [3.63, 3.8) is 0 Å². The largest absolute Gasteiger partial charge is 0.477 e. The third kappa shape index (κ3) is 4.75. The standard InChI is InChI=1S/C7H14O4/c1-3-4-5-11-7(10-2)6(8)9/h7H,3-5H2,1-2H3,(H,8,9). The summed E-state index contributed by atoms with van der Waals surface area (Å²) in [7, 11) is 1.31. The molecule has 0 saturated carbocycles. The van der Waals surface area contributed by atoms with Crippen molar-refractivity contribution in [1.29, 1.82) is 0 Å². The van der Waals surface area contributed by atoms with Gasteiger partial charge in [0.2, 0.25) is 0 Å². The Hall–Kier alpha value is -0.610. The molecule has 1 unspecified atom stereocenters. The van der Waals surface area contributed by atoms with Crippen LogP contribution in [0.15, 0.2) is 0 Å². The Kier molecular flexibility index (Phi) is 5.78. The van der Waals surface area contributed by atoms with Gasteiger partial charge in [0, 0.05) is 7.11 Å². The summed E-state index contributed by atoms with van der Waals surface area (Å²) in [6, 6.07) is 0. The van der Waals surface area contributed by atoms with Gasteiger partial charge in [-0.2, -0.15) is 0 Å². The van der Waals surface area contributed by atoms with Gasteiger partial charge in [0.05, 0.1) is 6.61 Å². The van der Waals surface area contributed by atoms with Crippen molar-refractivity contribution < 1.29 is 19.4 Å². The second-order valence-corrected chi connectivity index (χ2v) is 2.13. The van der Waals surface area contributed by atoms with Gasteiger partial charge in [-0.25, -0.2) is 4.79 Å². The van der Waals surface area contributed by atoms with E-state index in [1.165, 1.54) is 7.11 Å². The number of carboxylic acid groups (broad SMARTS) is 1. The summed E-state index contributed by atoms with van der Waals surface area (Å²) in [4.78, 5) is 10.3. The zero-order valence-corrected chi connectivity index (χ0v) is 6.87. The molecule has 0 bridgehead atoms. The van der Waals surface area contributed by atoms with E-state index in [1.807, 2.05) is 6.92 Å². The van der Waals surface area contributed by atoms with E-state index in [9.17, 15) is 4.79 Å². The Morgan fingerprint density at radius 3 is 2.64 bits per heavy atom. The highest BCUT2D eigenvalue weighted by atomic mass is 16.7. The number of aliphatic carboxylic acids is 1. The van der Waals surface area contributed by atoms with Crippen LogP contribution in [0.1, 0.15) is 19.8 Å². The van der Waals surface area contributed by atoms with Crippen LogP contribution >= 0.6 is 0 Å². The first kappa shape index (κ1) is 10.4. The van der Waals surface area contributed by atoms with Gasteiger partial charge in [0.15, 0.2) is 0 Å². The average molecular weight is 162 g/mol. The second-order valence-electron chi connectivity index (χ2n) is 2.13. The average Bonchev–Trinajstić information content (AvgIpc) is 1.97. The Bertz CT molecular complexity index is 113. The molecule has 0 heterocycles. The molecule has 0 aliphatic heterocycles. The highest BCUT2D eigenvalue weighted by Crippen LogP contribution is 1.96. The van der Waals surface area contributed by atoms with Crippen LogP contribution in [0.3, 0.4) is 0 Å². The molecule has 0 aromatic carbocycles. The second kappa shape index (κ2) is 6.12. The lowest BCUT2D eigenvalue weighted by molar-refractivity contribution is -0.183. The number of carbonyl (C=O) groups is 1. The third-order valence-electron chi connectivity index (χ3n) is 1.18. The van der Waals surface area contributed by atoms with Crippen LogP contribution in [0.25, 0.3) is 0 Å². The normalized spacial score (nSPS) is 12.9. The van der Waals surface area contributed by atoms with E-state index >= 15 is 0 Å². The quantitative estimate of drug-likeness (QED) is 0.465. The van der Waals surface area contributed by atoms with Crippen molar-refractivity contribution in [2.24, 2.45) is 0 Å². The first-order chi connectivity index (χ1) is 5.22. The van der Waals surface area contributed by atoms with Crippen molar-refractivity contribution in [1.82, 2.24) is 0 Å². The maximum atomic E-state index is 10.3. The van der Waals surface area contributed by atoms with Crippen molar-refractivity contribution >= 4 is 5.97 Å². The highest BCUT2D eigenvalue weighted by Gasteiger charge is 2.15. The number of hydrogen-bond donors (Lipinski definition) is 1. The van der Waals surface area contributed by atoms with Gasteiger partial charge in [-0.3, -0.25) is 0 Å². The predicted molar refractivity (Wildman–Crippen MR) is 39.3 cm³/mol. The fourth-order valence-corrected chi connectivity index (χ4v) is 0.575. The van der Waals surface area contributed by atoms with E-state index in [1.54, 1.807) is 0 Å². The van der Waals surface area contributed by atoms with Gasteiger partial charge in [-0.15, -0.1) is 0 Å². The molecule has 0 fully saturated rings. The van der Waals surface area contributed by atoms with E-state index in [0.717, 1.165) is 12.8 Å². The smallest absolute Gasteiger partial charge is 0.361 e. The van der Waals surface area contributed by atoms with Crippen LogP contribution < -0.4 is 0 Å². The fraction of sp³-hybridized carbons (Fsp3) is 0.857. The zero-order valence-electron chi connectivity index (χ0n) is 6.87. The Labute approximate surface area is 66.1 Å². The predicted octanol–water partition coefficient (Wildman–Crippen LogP) is 0.860. The molecule has 1 N–H and O–H groups in total. The van der Waals surface area contributed by atoms with Gasteiger partial charge in [-0.05, 0) is 6.42 Å². The van der Waals surface area contributed by atoms with Crippen LogP contribution in [-0.4, -0.2) is 31.1 Å². The minimum atomic E-state index is -1.11. The summed E-state index contributed by atoms with van der Waals surface area (Å²) >= 11 is 0. The van der Waals surface area contributed by atoms with E-state index in [4.69, 9.17) is 9.84 Å². The Morgan fingerprint density at radius 2 is 2.27 bits per heavy atom. The topological polar surface area (TPSA) is 55.8 Å². The van der Waals surface area contributed by atoms with Crippen molar-refractivity contribution in [3.05, 3.63) is 0 Å². The molecule has 0 amide bonds. The number of rotatable bonds is 6. The molecule has 0 aliphatic rings. The van der Waals surface area contributed by atoms with E-state index in [2.05, 4.69) is 4.74 Å². The van der Waals surface area contributed by atoms with Gasteiger partial charge in [0.25, 0.3) is 6.29 Å². The Morgan fingerprint density at radius 1 is 1.64 bits per heavy atom. The maximum absolute atomic E-state index is 10.3. The summed E-state index contributed by atoms with van der Waals surface area (Å²) in [5.74, 6) is -1.08. The molecule has 0 radical (unpaired) electrons. The molecule has 4 heteroatoms. The Balaban J connectivity index is 3.44. The van der Waals surface area contributed by atoms with Crippen LogP contribution in [0, 0.1) is 0 Å². The zero-order chi connectivity index (χ0) is 8.69. The molecule has 0 rings (SSSR count). The lowest BCUT2D eigenvalue weighted by Gasteiger charge is -2.10. The summed E-state index contributed by atoms with van der Waals surface area (Å²) in [6.07, 6.45) is 0.727. The van der Waals surface area contributed by atoms with Crippen molar-refractivity contribution in [3.8, 4) is 0 Å². The summed E-state index contributed by atoms with van der Waals surface area (Å²) in [6.45, 7) is 2.44. The number of methoxy groups -OCH3 is 1. The van der Waals surface area contributed by atoms with Crippen LogP contribution in [-0.2, 0) is 14.3 Å². The molecule has 66 valence electrons. The molecule has 1 atom stereocenters. The van der Waals surface area contributed by atoms with Crippen LogP contribution in [0.5, 0.6) is 0 Å². The first-order valence-electron chi connectivity index (χ1n) is 3.59. The number of carboxylic acids is 1. The third-order valence-corrected chi connectivity index (χ3v) is 1.18. The van der Waals surface area contributed by atoms with E-state index in [0.29, 0.717) is 6.61 Å². The minimum absolute atomic E-state index is 0.432. The van der Waals surface area contributed by atoms with Gasteiger partial charge < -0.3 is 14.6 Å². The highest BCUT2D eigenvalue weighted by molar-refractivity contribution is 5.70. The minimum Gasteiger partial charge on any atom is -0.477 e. The summed E-state index contributed by atoms with van der Waals surface area (Å²) < 4.78 is 9.41. The van der Waals surface area contributed by atoms with Crippen molar-refractivity contribution in [2.75, 3.05) is 13.7 Å². The molecule has 0 aromatic heterocycles. The molecule has 0 aromatic rings. The summed E-state index contributed by atoms with van der Waals surface area (Å²) in [5.41, 5.74) is 0. The van der Waals surface area contributed by atoms with E-state index < -0.39 is 12.3 Å². The molecular formula is C7H14O4. The van der Waals surface area contributed by atoms with Gasteiger partial charge >= 0.3 is 5.97 Å². The SMILES string of the molecule is CCCCOC(OC)C(=O)O. The monoisotopic (exact) mass is 162 g/mol. The first-order valence-corrected chi connectivity index (χ1v) is 3.59. The van der Waals surface area contributed by atoms with Crippen LogP contribution in [0.4, 0.5) is 0 Å². The fourth-order valence-electron chi connectivity index (χ4n) is 0.575. The molecule has 0 saturated heterocycles. The molecule has 11 heavy (non-hydrogen) atoms. The molecule has 0 spiro atoms. The lowest BCUT2D eigenvalue weighted by atomic mass is 10.4. The number of hydrogen-bond acceptors (Lipinski definition) is 3. The van der Waals surface area contributed by atoms with E-state index in [-0.39, 0.29) is 0 Å². The molecular weight excluding hydrogens is 148 g/mol. The number of ether oxygens (including phenoxy) is 2. The molecule has 0 aliphatic carbocycles. The van der Waals surface area contributed by atoms with Gasteiger partial charge in [-0.1, -0.05) is 13.3 Å². The molecule has 4 nitrogen and oxygen atoms in total. The van der Waals surface area contributed by atoms with Crippen molar-refractivity contribution in [2.45, 2.75) is 26.1 Å². The van der Waals surface area contributed by atoms with Gasteiger partial charge in [0.1, 0.15) is 0 Å². The lowest BCUT2D eigenvalue weighted by Crippen LogP contribution is -2.26. The summed E-state index contributed by atoms with van der Waals surface area (Å²) in [5, 5.41) is 8.42. The van der Waals surface area contributed by atoms with Crippen LogP contribution in [0.2, 0.25) is 0 Å². The number of unbranched alkanes of at least 4 members (excludes halogenated alkanes) is 1. The maximum Gasteiger partial charge on any atom is 0.361 e.